The third-order valence-electron chi connectivity index (χ3n) is 6.97. The zero-order valence-corrected chi connectivity index (χ0v) is 18.8. The molecule has 180 valence electrons. The second-order valence-electron chi connectivity index (χ2n) is 9.02. The van der Waals surface area contributed by atoms with Gasteiger partial charge in [-0.2, -0.15) is 13.2 Å². The van der Waals surface area contributed by atoms with Gasteiger partial charge in [-0.3, -0.25) is 19.4 Å². The minimum absolute atomic E-state index is 0.0278. The summed E-state index contributed by atoms with van der Waals surface area (Å²) in [5, 5.41) is 0. The lowest BCUT2D eigenvalue weighted by Crippen LogP contribution is -2.56. The Morgan fingerprint density at radius 2 is 1.55 bits per heavy atom. The Bertz CT molecular complexity index is 869. The van der Waals surface area contributed by atoms with Gasteiger partial charge in [0.1, 0.15) is 0 Å². The van der Waals surface area contributed by atoms with Gasteiger partial charge in [0.05, 0.1) is 12.1 Å². The molecule has 1 aliphatic carbocycles. The molecule has 0 unspecified atom stereocenters. The van der Waals surface area contributed by atoms with Gasteiger partial charge in [0.15, 0.2) is 0 Å². The fraction of sp³-hybridized carbons (Fsp3) is 0.583. The van der Waals surface area contributed by atoms with Crippen LogP contribution in [0.15, 0.2) is 30.3 Å². The number of hydrogen-bond acceptors (Lipinski definition) is 4. The van der Waals surface area contributed by atoms with Crippen molar-refractivity contribution < 1.29 is 22.8 Å². The van der Waals surface area contributed by atoms with Crippen LogP contribution in [0.5, 0.6) is 0 Å². The first-order chi connectivity index (χ1) is 15.8. The average molecular weight is 465 g/mol. The van der Waals surface area contributed by atoms with E-state index in [9.17, 15) is 22.8 Å². The Labute approximate surface area is 192 Å². The van der Waals surface area contributed by atoms with Crippen molar-refractivity contribution in [1.29, 1.82) is 0 Å². The number of alkyl halides is 3. The minimum Gasteiger partial charge on any atom is -0.339 e. The predicted octanol–water partition coefficient (Wildman–Crippen LogP) is 2.56. The van der Waals surface area contributed by atoms with E-state index in [4.69, 9.17) is 0 Å². The lowest BCUT2D eigenvalue weighted by molar-refractivity contribution is -0.138. The summed E-state index contributed by atoms with van der Waals surface area (Å²) in [6.45, 7) is 5.85. The van der Waals surface area contributed by atoms with Crippen LogP contribution in [0.4, 0.5) is 13.2 Å². The normalized spacial score (nSPS) is 21.4. The lowest BCUT2D eigenvalue weighted by Gasteiger charge is -2.43. The van der Waals surface area contributed by atoms with E-state index < -0.39 is 11.7 Å². The monoisotopic (exact) mass is 464 g/mol. The number of nitrogens with zero attached hydrogens (tertiary/aromatic N) is 4. The molecule has 1 aromatic rings. The largest absolute Gasteiger partial charge is 0.416 e. The molecule has 2 amide bonds. The fourth-order valence-electron chi connectivity index (χ4n) is 4.67. The molecule has 0 radical (unpaired) electrons. The molecule has 3 fully saturated rings. The summed E-state index contributed by atoms with van der Waals surface area (Å²) >= 11 is 0. The van der Waals surface area contributed by atoms with Crippen LogP contribution in [0.25, 0.3) is 6.08 Å². The van der Waals surface area contributed by atoms with Crippen LogP contribution >= 0.6 is 0 Å². The van der Waals surface area contributed by atoms with Gasteiger partial charge in [-0.15, -0.1) is 0 Å². The molecular formula is C24H31F3N4O2. The first kappa shape index (κ1) is 23.8. The predicted molar refractivity (Wildman–Crippen MR) is 119 cm³/mol. The van der Waals surface area contributed by atoms with E-state index in [1.54, 1.807) is 4.90 Å². The summed E-state index contributed by atoms with van der Waals surface area (Å²) in [5.74, 6) is -0.184. The van der Waals surface area contributed by atoms with E-state index in [1.807, 2.05) is 9.80 Å². The van der Waals surface area contributed by atoms with Crippen LogP contribution in [0.3, 0.4) is 0 Å². The molecule has 3 aliphatic rings. The van der Waals surface area contributed by atoms with Crippen molar-refractivity contribution in [2.24, 2.45) is 0 Å². The molecule has 0 N–H and O–H groups in total. The van der Waals surface area contributed by atoms with Crippen LogP contribution in [-0.4, -0.2) is 96.4 Å². The van der Waals surface area contributed by atoms with Crippen molar-refractivity contribution >= 4 is 17.9 Å². The Hall–Kier alpha value is -2.39. The van der Waals surface area contributed by atoms with Gasteiger partial charge in [-0.05, 0) is 30.5 Å². The molecule has 0 atom stereocenters. The number of carbonyl (C=O) groups is 2. The second-order valence-corrected chi connectivity index (χ2v) is 9.02. The van der Waals surface area contributed by atoms with Crippen molar-refractivity contribution in [2.75, 3.05) is 58.9 Å². The molecule has 0 bridgehead atoms. The molecule has 1 aromatic carbocycles. The minimum atomic E-state index is -4.47. The molecule has 2 heterocycles. The number of rotatable bonds is 5. The van der Waals surface area contributed by atoms with E-state index in [0.29, 0.717) is 38.8 Å². The van der Waals surface area contributed by atoms with Gasteiger partial charge in [0.2, 0.25) is 11.8 Å². The molecular weight excluding hydrogens is 433 g/mol. The van der Waals surface area contributed by atoms with Crippen LogP contribution in [-0.2, 0) is 15.8 Å². The highest BCUT2D eigenvalue weighted by molar-refractivity contribution is 5.92. The smallest absolute Gasteiger partial charge is 0.339 e. The maximum atomic E-state index is 13.1. The highest BCUT2D eigenvalue weighted by atomic mass is 19.4. The molecule has 6 nitrogen and oxygen atoms in total. The van der Waals surface area contributed by atoms with E-state index in [1.165, 1.54) is 49.6 Å². The van der Waals surface area contributed by atoms with Crippen LogP contribution in [0.2, 0.25) is 0 Å². The first-order valence-corrected chi connectivity index (χ1v) is 11.7. The molecule has 2 aliphatic heterocycles. The quantitative estimate of drug-likeness (QED) is 0.629. The average Bonchev–Trinajstić information content (AvgIpc) is 2.77. The van der Waals surface area contributed by atoms with Crippen LogP contribution in [0, 0.1) is 0 Å². The summed E-state index contributed by atoms with van der Waals surface area (Å²) in [6.07, 6.45) is 1.83. The molecule has 4 rings (SSSR count). The van der Waals surface area contributed by atoms with E-state index in [2.05, 4.69) is 4.90 Å². The molecule has 9 heteroatoms. The summed E-state index contributed by atoms with van der Waals surface area (Å²) in [4.78, 5) is 33.3. The Balaban J connectivity index is 1.22. The number of piperazine rings is 2. The molecule has 0 spiro atoms. The van der Waals surface area contributed by atoms with E-state index in [0.717, 1.165) is 32.2 Å². The highest BCUT2D eigenvalue weighted by Gasteiger charge is 2.33. The maximum Gasteiger partial charge on any atom is 0.416 e. The summed E-state index contributed by atoms with van der Waals surface area (Å²) < 4.78 is 39.3. The summed E-state index contributed by atoms with van der Waals surface area (Å²) in [5.41, 5.74) is -0.786. The Morgan fingerprint density at radius 1 is 0.909 bits per heavy atom. The van der Waals surface area contributed by atoms with Gasteiger partial charge in [-0.25, -0.2) is 0 Å². The van der Waals surface area contributed by atoms with E-state index in [-0.39, 0.29) is 17.4 Å². The van der Waals surface area contributed by atoms with Crippen LogP contribution < -0.4 is 0 Å². The van der Waals surface area contributed by atoms with Crippen molar-refractivity contribution in [3.63, 3.8) is 0 Å². The molecule has 33 heavy (non-hydrogen) atoms. The second kappa shape index (κ2) is 10.3. The van der Waals surface area contributed by atoms with Gasteiger partial charge in [-0.1, -0.05) is 24.6 Å². The number of carbonyl (C=O) groups excluding carboxylic acids is 2. The first-order valence-electron chi connectivity index (χ1n) is 11.7. The maximum absolute atomic E-state index is 13.1. The lowest BCUT2D eigenvalue weighted by atomic mass is 9.91. The third-order valence-corrected chi connectivity index (χ3v) is 6.97. The fourth-order valence-corrected chi connectivity index (χ4v) is 4.67. The van der Waals surface area contributed by atoms with Crippen molar-refractivity contribution in [1.82, 2.24) is 19.6 Å². The topological polar surface area (TPSA) is 47.1 Å². The zero-order chi connectivity index (χ0) is 23.4. The standard InChI is InChI=1S/C24H31F3N4O2/c25-24(26,27)21-7-2-1-4-19(21)8-9-22(32)30-12-10-28(11-13-30)18-23(33)31-16-14-29(15-17-31)20-5-3-6-20/h1-2,4,7-9,20H,3,5-6,10-18H2. The zero-order valence-electron chi connectivity index (χ0n) is 18.8. The number of benzene rings is 1. The van der Waals surface area contributed by atoms with Gasteiger partial charge in [0, 0.05) is 64.5 Å². The summed E-state index contributed by atoms with van der Waals surface area (Å²) in [7, 11) is 0. The Morgan fingerprint density at radius 3 is 2.15 bits per heavy atom. The molecule has 0 aromatic heterocycles. The Kier molecular flexibility index (Phi) is 7.38. The highest BCUT2D eigenvalue weighted by Crippen LogP contribution is 2.32. The SMILES string of the molecule is O=C(C=Cc1ccccc1C(F)(F)F)N1CCN(CC(=O)N2CCN(C3CCC3)CC2)CC1. The molecule has 2 saturated heterocycles. The van der Waals surface area contributed by atoms with Gasteiger partial charge in [0.25, 0.3) is 0 Å². The van der Waals surface area contributed by atoms with Gasteiger partial charge >= 0.3 is 6.18 Å². The van der Waals surface area contributed by atoms with E-state index >= 15 is 0 Å². The summed E-state index contributed by atoms with van der Waals surface area (Å²) in [6, 6.07) is 5.91. The van der Waals surface area contributed by atoms with Crippen molar-refractivity contribution in [2.45, 2.75) is 31.5 Å². The molecule has 1 saturated carbocycles. The van der Waals surface area contributed by atoms with Crippen molar-refractivity contribution in [3.05, 3.63) is 41.5 Å². The van der Waals surface area contributed by atoms with Crippen LogP contribution in [0.1, 0.15) is 30.4 Å². The van der Waals surface area contributed by atoms with Crippen molar-refractivity contribution in [3.8, 4) is 0 Å². The van der Waals surface area contributed by atoms with Gasteiger partial charge < -0.3 is 9.80 Å². The number of hydrogen-bond donors (Lipinski definition) is 0. The number of halogens is 3. The number of amides is 2. The third kappa shape index (κ3) is 5.95.